The number of fused-ring (bicyclic) bond motifs is 1. The van der Waals surface area contributed by atoms with Gasteiger partial charge in [0.15, 0.2) is 14.7 Å². The molecule has 3 aromatic heterocycles. The molecule has 3 heterocycles. The Bertz CT molecular complexity index is 665. The first-order valence-corrected chi connectivity index (χ1v) is 6.96. The van der Waals surface area contributed by atoms with Crippen molar-refractivity contribution in [2.24, 2.45) is 0 Å². The van der Waals surface area contributed by atoms with Crippen molar-refractivity contribution < 1.29 is 4.42 Å². The summed E-state index contributed by atoms with van der Waals surface area (Å²) in [7, 11) is 0. The summed E-state index contributed by atoms with van der Waals surface area (Å²) in [4.78, 5) is 12.8. The summed E-state index contributed by atoms with van der Waals surface area (Å²) in [5.74, 6) is 1.67. The first-order chi connectivity index (χ1) is 8.28. The van der Waals surface area contributed by atoms with Crippen LogP contribution in [-0.4, -0.2) is 30.8 Å². The van der Waals surface area contributed by atoms with Crippen LogP contribution >= 0.6 is 34.4 Å². The van der Waals surface area contributed by atoms with E-state index in [2.05, 4.69) is 42.6 Å². The minimum absolute atomic E-state index is 0.515. The third-order valence-corrected chi connectivity index (χ3v) is 3.19. The summed E-state index contributed by atoms with van der Waals surface area (Å²) in [5.41, 5.74) is 0. The van der Waals surface area contributed by atoms with Crippen molar-refractivity contribution in [1.29, 1.82) is 0 Å². The number of hydrogen-bond acceptors (Lipinski definition) is 6. The number of rotatable bonds is 2. The Morgan fingerprint density at radius 2 is 2.24 bits per heavy atom. The highest BCUT2D eigenvalue weighted by molar-refractivity contribution is 14.1. The standard InChI is InChI=1S/C9H6IN5OS/c1-17-9-13-7(10)12-8-11-6(14-15(8)9)5-3-2-4-16-5/h2-4H,1H3. The zero-order valence-corrected chi connectivity index (χ0v) is 11.6. The van der Waals surface area contributed by atoms with Crippen LogP contribution in [0.4, 0.5) is 0 Å². The minimum Gasteiger partial charge on any atom is -0.461 e. The molecule has 8 heteroatoms. The molecule has 0 fully saturated rings. The molecule has 0 aromatic carbocycles. The zero-order valence-electron chi connectivity index (χ0n) is 8.66. The molecular formula is C9H6IN5OS. The van der Waals surface area contributed by atoms with Crippen molar-refractivity contribution in [3.05, 3.63) is 22.2 Å². The fraction of sp³-hybridized carbons (Fsp3) is 0.111. The van der Waals surface area contributed by atoms with E-state index in [1.165, 1.54) is 11.8 Å². The molecule has 86 valence electrons. The molecule has 3 rings (SSSR count). The quantitative estimate of drug-likeness (QED) is 0.516. The molecule has 3 aromatic rings. The van der Waals surface area contributed by atoms with Crippen LogP contribution in [0.2, 0.25) is 0 Å². The zero-order chi connectivity index (χ0) is 11.8. The second kappa shape index (κ2) is 4.26. The molecule has 0 aliphatic heterocycles. The van der Waals surface area contributed by atoms with E-state index >= 15 is 0 Å². The molecule has 0 atom stereocenters. The molecule has 0 saturated heterocycles. The molecule has 0 radical (unpaired) electrons. The Labute approximate surface area is 114 Å². The Morgan fingerprint density at radius 1 is 1.35 bits per heavy atom. The van der Waals surface area contributed by atoms with Crippen LogP contribution in [0, 0.1) is 3.83 Å². The molecule has 0 spiro atoms. The fourth-order valence-corrected chi connectivity index (χ4v) is 2.46. The van der Waals surface area contributed by atoms with Gasteiger partial charge in [0.2, 0.25) is 5.82 Å². The smallest absolute Gasteiger partial charge is 0.257 e. The van der Waals surface area contributed by atoms with Gasteiger partial charge in [-0.15, -0.1) is 5.10 Å². The van der Waals surface area contributed by atoms with Crippen LogP contribution in [-0.2, 0) is 0 Å². The Morgan fingerprint density at radius 3 is 2.94 bits per heavy atom. The molecule has 17 heavy (non-hydrogen) atoms. The number of thioether (sulfide) groups is 1. The Balaban J connectivity index is 2.25. The first-order valence-electron chi connectivity index (χ1n) is 4.66. The predicted molar refractivity (Wildman–Crippen MR) is 70.8 cm³/mol. The molecule has 0 bridgehead atoms. The maximum absolute atomic E-state index is 5.26. The number of hydrogen-bond donors (Lipinski definition) is 0. The topological polar surface area (TPSA) is 69.1 Å². The second-order valence-corrected chi connectivity index (χ2v) is 4.84. The third kappa shape index (κ3) is 1.90. The summed E-state index contributed by atoms with van der Waals surface area (Å²) in [6.45, 7) is 0. The van der Waals surface area contributed by atoms with Crippen LogP contribution in [0.15, 0.2) is 28.0 Å². The lowest BCUT2D eigenvalue weighted by molar-refractivity contribution is 0.576. The molecule has 0 aliphatic carbocycles. The number of furan rings is 1. The van der Waals surface area contributed by atoms with Gasteiger partial charge < -0.3 is 4.42 Å². The number of halogens is 1. The van der Waals surface area contributed by atoms with Crippen molar-refractivity contribution in [2.75, 3.05) is 6.26 Å². The van der Waals surface area contributed by atoms with Crippen LogP contribution in [0.3, 0.4) is 0 Å². The number of aromatic nitrogens is 5. The molecule has 0 saturated carbocycles. The highest BCUT2D eigenvalue weighted by atomic mass is 127. The molecule has 0 unspecified atom stereocenters. The van der Waals surface area contributed by atoms with E-state index in [0.29, 0.717) is 21.2 Å². The summed E-state index contributed by atoms with van der Waals surface area (Å²) >= 11 is 3.56. The van der Waals surface area contributed by atoms with Gasteiger partial charge in [0.05, 0.1) is 6.26 Å². The molecule has 0 amide bonds. The highest BCUT2D eigenvalue weighted by Crippen LogP contribution is 2.19. The van der Waals surface area contributed by atoms with E-state index in [9.17, 15) is 0 Å². The second-order valence-electron chi connectivity index (χ2n) is 3.10. The van der Waals surface area contributed by atoms with Gasteiger partial charge in [-0.2, -0.15) is 19.5 Å². The van der Waals surface area contributed by atoms with E-state index in [-0.39, 0.29) is 0 Å². The lowest BCUT2D eigenvalue weighted by atomic mass is 10.4. The van der Waals surface area contributed by atoms with Crippen molar-refractivity contribution in [3.8, 4) is 11.6 Å². The van der Waals surface area contributed by atoms with Gasteiger partial charge >= 0.3 is 0 Å². The van der Waals surface area contributed by atoms with E-state index < -0.39 is 0 Å². The fourth-order valence-electron chi connectivity index (χ4n) is 1.38. The predicted octanol–water partition coefficient (Wildman–Crippen LogP) is 2.11. The van der Waals surface area contributed by atoms with Gasteiger partial charge in [-0.3, -0.25) is 0 Å². The summed E-state index contributed by atoms with van der Waals surface area (Å²) < 4.78 is 7.52. The molecule has 0 N–H and O–H groups in total. The van der Waals surface area contributed by atoms with E-state index in [0.717, 1.165) is 5.16 Å². The van der Waals surface area contributed by atoms with E-state index in [1.54, 1.807) is 16.8 Å². The van der Waals surface area contributed by atoms with Crippen molar-refractivity contribution in [2.45, 2.75) is 5.16 Å². The average molecular weight is 359 g/mol. The van der Waals surface area contributed by atoms with Gasteiger partial charge in [-0.25, -0.2) is 0 Å². The van der Waals surface area contributed by atoms with Crippen LogP contribution in [0.25, 0.3) is 17.4 Å². The van der Waals surface area contributed by atoms with Crippen molar-refractivity contribution in [3.63, 3.8) is 0 Å². The Hall–Kier alpha value is -1.16. The van der Waals surface area contributed by atoms with Crippen molar-refractivity contribution >= 4 is 40.1 Å². The first kappa shape index (κ1) is 11.0. The monoisotopic (exact) mass is 359 g/mol. The summed E-state index contributed by atoms with van der Waals surface area (Å²) in [6.07, 6.45) is 3.53. The van der Waals surface area contributed by atoms with Crippen LogP contribution in [0.5, 0.6) is 0 Å². The normalized spacial score (nSPS) is 11.2. The van der Waals surface area contributed by atoms with Gasteiger partial charge in [0.1, 0.15) is 0 Å². The summed E-state index contributed by atoms with van der Waals surface area (Å²) in [5, 5.41) is 5.08. The highest BCUT2D eigenvalue weighted by Gasteiger charge is 2.13. The lowest BCUT2D eigenvalue weighted by Crippen LogP contribution is -2.01. The van der Waals surface area contributed by atoms with E-state index in [1.807, 2.05) is 12.3 Å². The molecule has 0 aliphatic rings. The average Bonchev–Trinajstić information content (AvgIpc) is 2.95. The van der Waals surface area contributed by atoms with Gasteiger partial charge in [-0.05, 0) is 18.4 Å². The molecule has 6 nitrogen and oxygen atoms in total. The Kier molecular flexibility index (Phi) is 2.74. The number of nitrogens with zero attached hydrogens (tertiary/aromatic N) is 5. The van der Waals surface area contributed by atoms with Gasteiger partial charge in [0, 0.05) is 22.6 Å². The van der Waals surface area contributed by atoms with Gasteiger partial charge in [-0.1, -0.05) is 11.8 Å². The maximum atomic E-state index is 5.26. The van der Waals surface area contributed by atoms with Crippen LogP contribution < -0.4 is 0 Å². The minimum atomic E-state index is 0.515. The largest absolute Gasteiger partial charge is 0.461 e. The third-order valence-electron chi connectivity index (χ3n) is 2.08. The SMILES string of the molecule is CSc1nc(I)nc2nc(-c3ccco3)nn12. The van der Waals surface area contributed by atoms with E-state index in [4.69, 9.17) is 4.42 Å². The van der Waals surface area contributed by atoms with Gasteiger partial charge in [0.25, 0.3) is 5.78 Å². The van der Waals surface area contributed by atoms with Crippen molar-refractivity contribution in [1.82, 2.24) is 24.6 Å². The maximum Gasteiger partial charge on any atom is 0.257 e. The molecular weight excluding hydrogens is 353 g/mol. The van der Waals surface area contributed by atoms with Crippen LogP contribution in [0.1, 0.15) is 0 Å². The lowest BCUT2D eigenvalue weighted by Gasteiger charge is -1.97. The summed E-state index contributed by atoms with van der Waals surface area (Å²) in [6, 6.07) is 3.61.